The van der Waals surface area contributed by atoms with E-state index in [1.54, 1.807) is 24.3 Å². The van der Waals surface area contributed by atoms with Crippen molar-refractivity contribution in [3.8, 4) is 0 Å². The maximum absolute atomic E-state index is 13.1. The van der Waals surface area contributed by atoms with E-state index in [1.165, 1.54) is 6.08 Å². The lowest BCUT2D eigenvalue weighted by Crippen LogP contribution is -2.26. The summed E-state index contributed by atoms with van der Waals surface area (Å²) in [7, 11) is 1.94. The zero-order chi connectivity index (χ0) is 23.7. The molecule has 0 fully saturated rings. The Labute approximate surface area is 196 Å². The van der Waals surface area contributed by atoms with Gasteiger partial charge in [-0.2, -0.15) is 0 Å². The first kappa shape index (κ1) is 21.3. The van der Waals surface area contributed by atoms with Gasteiger partial charge in [0.2, 0.25) is 0 Å². The molecule has 34 heavy (non-hydrogen) atoms. The molecule has 6 nitrogen and oxygen atoms in total. The number of pyridine rings is 1. The van der Waals surface area contributed by atoms with E-state index in [0.29, 0.717) is 28.0 Å². The number of carbonyl (C=O) groups excluding carboxylic acids is 2. The number of amides is 1. The molecule has 1 aliphatic rings. The van der Waals surface area contributed by atoms with Crippen molar-refractivity contribution in [1.29, 1.82) is 0 Å². The second kappa shape index (κ2) is 8.75. The highest BCUT2D eigenvalue weighted by atomic mass is 16.2. The summed E-state index contributed by atoms with van der Waals surface area (Å²) in [5.74, 6) is -0.819. The van der Waals surface area contributed by atoms with Gasteiger partial charge in [0, 0.05) is 34.8 Å². The average molecular weight is 447 g/mol. The van der Waals surface area contributed by atoms with Gasteiger partial charge in [0.1, 0.15) is 0 Å². The number of allylic oxidation sites excluding steroid dienone is 1. The molecule has 166 valence electrons. The summed E-state index contributed by atoms with van der Waals surface area (Å²) >= 11 is 0. The number of hydrogen-bond acceptors (Lipinski definition) is 4. The standard InChI is InChI=1S/C28H22N4O2/c1-18-16-26(32(2)25-15-9-8-12-20(18)25)31-30-24-17-23(27(33)22-14-7-6-13-21(22)24)28(34)29-19-10-4-3-5-11-19/h3-17H,1-2H3,(H,29,34)/b30-24+,31-26+. The molecule has 0 radical (unpaired) electrons. The Balaban J connectivity index is 1.62. The van der Waals surface area contributed by atoms with E-state index in [9.17, 15) is 9.59 Å². The Hall–Kier alpha value is -4.58. The summed E-state index contributed by atoms with van der Waals surface area (Å²) in [6, 6.07) is 26.2. The lowest BCUT2D eigenvalue weighted by molar-refractivity contribution is -0.112. The minimum absolute atomic E-state index is 0.0237. The van der Waals surface area contributed by atoms with Gasteiger partial charge in [-0.25, -0.2) is 0 Å². The third-order valence-electron chi connectivity index (χ3n) is 5.89. The topological polar surface area (TPSA) is 75.8 Å². The second-order valence-corrected chi connectivity index (χ2v) is 8.10. The average Bonchev–Trinajstić information content (AvgIpc) is 2.87. The van der Waals surface area contributed by atoms with Crippen LogP contribution in [-0.4, -0.2) is 22.0 Å². The third-order valence-corrected chi connectivity index (χ3v) is 5.89. The van der Waals surface area contributed by atoms with E-state index in [-0.39, 0.29) is 11.4 Å². The van der Waals surface area contributed by atoms with Crippen LogP contribution < -0.4 is 10.8 Å². The maximum atomic E-state index is 13.1. The summed E-state index contributed by atoms with van der Waals surface area (Å²) in [6.45, 7) is 2.04. The molecule has 0 spiro atoms. The van der Waals surface area contributed by atoms with Crippen LogP contribution in [0.2, 0.25) is 0 Å². The van der Waals surface area contributed by atoms with Crippen molar-refractivity contribution in [3.63, 3.8) is 0 Å². The van der Waals surface area contributed by atoms with E-state index in [1.807, 2.05) is 73.1 Å². The van der Waals surface area contributed by atoms with E-state index in [4.69, 9.17) is 0 Å². The van der Waals surface area contributed by atoms with Gasteiger partial charge in [-0.15, -0.1) is 10.2 Å². The first-order valence-electron chi connectivity index (χ1n) is 10.9. The lowest BCUT2D eigenvalue weighted by atomic mass is 9.88. The molecule has 0 bridgehead atoms. The largest absolute Gasteiger partial charge is 0.327 e. The highest BCUT2D eigenvalue weighted by molar-refractivity contribution is 6.37. The van der Waals surface area contributed by atoms with Gasteiger partial charge in [0.05, 0.1) is 11.3 Å². The number of fused-ring (bicyclic) bond motifs is 2. The number of aryl methyl sites for hydroxylation is 2. The van der Waals surface area contributed by atoms with Gasteiger partial charge in [0.15, 0.2) is 11.3 Å². The number of hydrogen-bond donors (Lipinski definition) is 1. The van der Waals surface area contributed by atoms with Crippen molar-refractivity contribution in [2.75, 3.05) is 5.32 Å². The fourth-order valence-corrected chi connectivity index (χ4v) is 4.09. The molecule has 1 amide bonds. The van der Waals surface area contributed by atoms with Crippen molar-refractivity contribution < 1.29 is 9.59 Å². The van der Waals surface area contributed by atoms with Gasteiger partial charge >= 0.3 is 0 Å². The minimum Gasteiger partial charge on any atom is -0.327 e. The molecule has 1 aliphatic carbocycles. The molecule has 1 aromatic heterocycles. The predicted molar refractivity (Wildman–Crippen MR) is 134 cm³/mol. The van der Waals surface area contributed by atoms with Gasteiger partial charge < -0.3 is 9.88 Å². The number of para-hydroxylation sites is 2. The van der Waals surface area contributed by atoms with Gasteiger partial charge in [-0.1, -0.05) is 60.7 Å². The number of aromatic nitrogens is 1. The number of anilines is 1. The third kappa shape index (κ3) is 3.86. The molecule has 0 saturated carbocycles. The number of benzene rings is 3. The van der Waals surface area contributed by atoms with E-state index < -0.39 is 5.91 Å². The van der Waals surface area contributed by atoms with E-state index in [2.05, 4.69) is 21.6 Å². The van der Waals surface area contributed by atoms with Crippen LogP contribution in [0.3, 0.4) is 0 Å². The smallest absolute Gasteiger partial charge is 0.259 e. The number of nitrogens with one attached hydrogen (secondary N) is 1. The number of Topliss-reactive ketones (excluding diaryl/α,β-unsaturated/α-hetero) is 1. The van der Waals surface area contributed by atoms with Crippen molar-refractivity contribution >= 4 is 34.0 Å². The van der Waals surface area contributed by atoms with Crippen molar-refractivity contribution in [2.24, 2.45) is 17.3 Å². The molecular formula is C28H22N4O2. The first-order chi connectivity index (χ1) is 16.5. The molecule has 0 aliphatic heterocycles. The summed E-state index contributed by atoms with van der Waals surface area (Å²) in [6.07, 6.45) is 1.51. The van der Waals surface area contributed by atoms with Crippen molar-refractivity contribution in [2.45, 2.75) is 6.92 Å². The Morgan fingerprint density at radius 3 is 2.32 bits per heavy atom. The summed E-state index contributed by atoms with van der Waals surface area (Å²) < 4.78 is 1.97. The quantitative estimate of drug-likeness (QED) is 0.370. The summed E-state index contributed by atoms with van der Waals surface area (Å²) in [5, 5.41) is 12.9. The monoisotopic (exact) mass is 446 g/mol. The fourth-order valence-electron chi connectivity index (χ4n) is 4.09. The van der Waals surface area contributed by atoms with Crippen LogP contribution in [-0.2, 0) is 11.8 Å². The highest BCUT2D eigenvalue weighted by Crippen LogP contribution is 2.23. The zero-order valence-electron chi connectivity index (χ0n) is 18.8. The molecule has 1 heterocycles. The number of nitrogens with zero attached hydrogens (tertiary/aromatic N) is 3. The molecule has 4 aromatic rings. The van der Waals surface area contributed by atoms with Crippen LogP contribution in [0.25, 0.3) is 10.9 Å². The van der Waals surface area contributed by atoms with Gasteiger partial charge in [0.25, 0.3) is 5.91 Å². The molecule has 0 saturated heterocycles. The predicted octanol–water partition coefficient (Wildman–Crippen LogP) is 4.55. The van der Waals surface area contributed by atoms with Crippen molar-refractivity contribution in [3.05, 3.63) is 119 Å². The summed E-state index contributed by atoms with van der Waals surface area (Å²) in [5.41, 5.74) is 4.96. The zero-order valence-corrected chi connectivity index (χ0v) is 18.8. The Morgan fingerprint density at radius 2 is 1.53 bits per heavy atom. The van der Waals surface area contributed by atoms with Crippen LogP contribution >= 0.6 is 0 Å². The van der Waals surface area contributed by atoms with Crippen LogP contribution in [0.15, 0.2) is 107 Å². The minimum atomic E-state index is -0.481. The van der Waals surface area contributed by atoms with Crippen LogP contribution in [0.1, 0.15) is 21.5 Å². The maximum Gasteiger partial charge on any atom is 0.259 e. The molecule has 6 heteroatoms. The van der Waals surface area contributed by atoms with E-state index >= 15 is 0 Å². The van der Waals surface area contributed by atoms with Gasteiger partial charge in [-0.3, -0.25) is 9.59 Å². The Morgan fingerprint density at radius 1 is 0.853 bits per heavy atom. The molecular weight excluding hydrogens is 424 g/mol. The molecule has 1 N–H and O–H groups in total. The highest BCUT2D eigenvalue weighted by Gasteiger charge is 2.28. The summed E-state index contributed by atoms with van der Waals surface area (Å²) in [4.78, 5) is 26.1. The fraction of sp³-hybridized carbons (Fsp3) is 0.0714. The molecule has 5 rings (SSSR count). The first-order valence-corrected chi connectivity index (χ1v) is 10.9. The van der Waals surface area contributed by atoms with Crippen molar-refractivity contribution in [1.82, 2.24) is 4.57 Å². The SMILES string of the molecule is Cc1c/c(=N\N=C2/C=C(C(=O)Nc3ccccc3)C(=O)c3ccccc32)n(C)c2ccccc12. The Kier molecular flexibility index (Phi) is 5.47. The van der Waals surface area contributed by atoms with Crippen LogP contribution in [0.5, 0.6) is 0 Å². The van der Waals surface area contributed by atoms with Crippen LogP contribution in [0, 0.1) is 6.92 Å². The molecule has 0 atom stereocenters. The molecule has 3 aromatic carbocycles. The van der Waals surface area contributed by atoms with E-state index in [0.717, 1.165) is 16.5 Å². The normalized spacial score (nSPS) is 14.8. The second-order valence-electron chi connectivity index (χ2n) is 8.10. The number of ketones is 1. The lowest BCUT2D eigenvalue weighted by Gasteiger charge is -2.16. The Bertz CT molecular complexity index is 1580. The number of carbonyl (C=O) groups is 2. The number of rotatable bonds is 3. The molecule has 0 unspecified atom stereocenters. The van der Waals surface area contributed by atoms with Crippen LogP contribution in [0.4, 0.5) is 5.69 Å². The van der Waals surface area contributed by atoms with Gasteiger partial charge in [-0.05, 0) is 42.8 Å².